The molecule has 4 rings (SSSR count). The minimum atomic E-state index is -0.496. The first-order valence-corrected chi connectivity index (χ1v) is 9.50. The summed E-state index contributed by atoms with van der Waals surface area (Å²) in [6.45, 7) is 0.921. The zero-order valence-electron chi connectivity index (χ0n) is 15.7. The molecule has 0 aliphatic carbocycles. The van der Waals surface area contributed by atoms with Crippen LogP contribution in [0, 0.1) is 5.82 Å². The molecule has 2 heterocycles. The molecule has 29 heavy (non-hydrogen) atoms. The van der Waals surface area contributed by atoms with Crippen LogP contribution in [-0.4, -0.2) is 47.5 Å². The minimum Gasteiger partial charge on any atom is -0.497 e. The molecule has 1 aliphatic rings. The van der Waals surface area contributed by atoms with Crippen LogP contribution in [0.1, 0.15) is 6.42 Å². The molecular weight excluding hydrogens is 399 g/mol. The number of benzene rings is 2. The highest BCUT2D eigenvalue weighted by molar-refractivity contribution is 6.31. The third-order valence-corrected chi connectivity index (χ3v) is 5.02. The fourth-order valence-electron chi connectivity index (χ4n) is 3.28. The van der Waals surface area contributed by atoms with Crippen LogP contribution >= 0.6 is 11.6 Å². The van der Waals surface area contributed by atoms with Crippen LogP contribution in [0.4, 0.5) is 15.9 Å². The average molecular weight is 419 g/mol. The molecule has 2 atom stereocenters. The Kier molecular flexibility index (Phi) is 5.66. The standard InChI is InChI=1S/C20H20ClFN4O3/c1-28-14-6-17-19(18(7-14)29-9-12-4-13(27)8-23-12)20(25-10-24-17)26-11-2-3-16(22)15(21)5-11/h2-3,5-7,10,12-13,23,27H,4,8-9H2,1H3,(H,24,25,26)/t12-,13+/m0/s1. The molecule has 1 saturated heterocycles. The number of β-amino-alcohol motifs (C(OH)–C–C–N with tert-alkyl or cyclic N) is 1. The topological polar surface area (TPSA) is 88.5 Å². The fourth-order valence-corrected chi connectivity index (χ4v) is 3.46. The van der Waals surface area contributed by atoms with Crippen LogP contribution in [0.3, 0.4) is 0 Å². The lowest BCUT2D eigenvalue weighted by Crippen LogP contribution is -2.28. The summed E-state index contributed by atoms with van der Waals surface area (Å²) in [4.78, 5) is 8.65. The van der Waals surface area contributed by atoms with Crippen molar-refractivity contribution in [2.45, 2.75) is 18.6 Å². The van der Waals surface area contributed by atoms with Gasteiger partial charge < -0.3 is 25.2 Å². The minimum absolute atomic E-state index is 0.0115. The summed E-state index contributed by atoms with van der Waals surface area (Å²) < 4.78 is 24.9. The molecule has 3 aromatic rings. The first-order chi connectivity index (χ1) is 14.0. The summed E-state index contributed by atoms with van der Waals surface area (Å²) in [7, 11) is 1.57. The molecule has 0 bridgehead atoms. The van der Waals surface area contributed by atoms with Gasteiger partial charge in [-0.2, -0.15) is 0 Å². The second-order valence-electron chi connectivity index (χ2n) is 6.80. The van der Waals surface area contributed by atoms with Crippen molar-refractivity contribution in [3.8, 4) is 11.5 Å². The van der Waals surface area contributed by atoms with E-state index in [1.807, 2.05) is 0 Å². The molecule has 0 saturated carbocycles. The van der Waals surface area contributed by atoms with Crippen molar-refractivity contribution in [2.75, 3.05) is 25.6 Å². The van der Waals surface area contributed by atoms with E-state index in [4.69, 9.17) is 21.1 Å². The first-order valence-electron chi connectivity index (χ1n) is 9.12. The van der Waals surface area contributed by atoms with Crippen molar-refractivity contribution >= 4 is 34.0 Å². The predicted octanol–water partition coefficient (Wildman–Crippen LogP) is 3.28. The highest BCUT2D eigenvalue weighted by atomic mass is 35.5. The van der Waals surface area contributed by atoms with Crippen LogP contribution in [-0.2, 0) is 0 Å². The number of nitrogens with one attached hydrogen (secondary N) is 2. The lowest BCUT2D eigenvalue weighted by atomic mass is 10.2. The van der Waals surface area contributed by atoms with Crippen molar-refractivity contribution in [3.05, 3.63) is 47.5 Å². The van der Waals surface area contributed by atoms with Gasteiger partial charge in [-0.1, -0.05) is 11.6 Å². The van der Waals surface area contributed by atoms with E-state index in [0.29, 0.717) is 53.5 Å². The monoisotopic (exact) mass is 418 g/mol. The van der Waals surface area contributed by atoms with Gasteiger partial charge in [0.1, 0.15) is 36.1 Å². The number of methoxy groups -OCH3 is 1. The Hall–Kier alpha value is -2.68. The van der Waals surface area contributed by atoms with Gasteiger partial charge in [-0.25, -0.2) is 14.4 Å². The molecule has 3 N–H and O–H groups in total. The van der Waals surface area contributed by atoms with Crippen molar-refractivity contribution in [2.24, 2.45) is 0 Å². The van der Waals surface area contributed by atoms with E-state index in [1.54, 1.807) is 25.3 Å². The van der Waals surface area contributed by atoms with Crippen LogP contribution in [0.15, 0.2) is 36.7 Å². The van der Waals surface area contributed by atoms with Gasteiger partial charge in [0.25, 0.3) is 0 Å². The van der Waals surface area contributed by atoms with Gasteiger partial charge in [-0.15, -0.1) is 0 Å². The molecule has 0 radical (unpaired) electrons. The van der Waals surface area contributed by atoms with Crippen molar-refractivity contribution in [3.63, 3.8) is 0 Å². The van der Waals surface area contributed by atoms with E-state index in [2.05, 4.69) is 20.6 Å². The maximum Gasteiger partial charge on any atom is 0.145 e. The van der Waals surface area contributed by atoms with Crippen molar-refractivity contribution in [1.29, 1.82) is 0 Å². The third-order valence-electron chi connectivity index (χ3n) is 4.73. The maximum atomic E-state index is 13.5. The molecule has 0 unspecified atom stereocenters. The summed E-state index contributed by atoms with van der Waals surface area (Å²) in [6.07, 6.45) is 1.68. The summed E-state index contributed by atoms with van der Waals surface area (Å²) in [5, 5.41) is 16.7. The van der Waals surface area contributed by atoms with E-state index < -0.39 is 5.82 Å². The average Bonchev–Trinajstić information content (AvgIpc) is 3.14. The van der Waals surface area contributed by atoms with Gasteiger partial charge in [0, 0.05) is 30.4 Å². The maximum absolute atomic E-state index is 13.5. The number of anilines is 2. The number of aliphatic hydroxyl groups is 1. The van der Waals surface area contributed by atoms with Crippen LogP contribution in [0.5, 0.6) is 11.5 Å². The number of hydrogen-bond donors (Lipinski definition) is 3. The SMILES string of the molecule is COc1cc(OC[C@@H]2C[C@@H](O)CN2)c2c(Nc3ccc(F)c(Cl)c3)ncnc2c1. The predicted molar refractivity (Wildman–Crippen MR) is 109 cm³/mol. The molecule has 9 heteroatoms. The fraction of sp³-hybridized carbons (Fsp3) is 0.300. The van der Waals surface area contributed by atoms with Crippen molar-refractivity contribution in [1.82, 2.24) is 15.3 Å². The number of hydrogen-bond acceptors (Lipinski definition) is 7. The molecule has 2 aromatic carbocycles. The molecule has 0 amide bonds. The Morgan fingerprint density at radius 3 is 2.90 bits per heavy atom. The normalized spacial score (nSPS) is 18.8. The number of ether oxygens (including phenoxy) is 2. The molecule has 0 spiro atoms. The highest BCUT2D eigenvalue weighted by Gasteiger charge is 2.23. The Morgan fingerprint density at radius 2 is 2.17 bits per heavy atom. The van der Waals surface area contributed by atoms with Crippen LogP contribution in [0.2, 0.25) is 5.02 Å². The van der Waals surface area contributed by atoms with Gasteiger partial charge in [0.15, 0.2) is 0 Å². The van der Waals surface area contributed by atoms with Gasteiger partial charge in [-0.3, -0.25) is 0 Å². The van der Waals surface area contributed by atoms with Gasteiger partial charge in [0.2, 0.25) is 0 Å². The second kappa shape index (κ2) is 8.36. The molecule has 1 fully saturated rings. The zero-order chi connectivity index (χ0) is 20.4. The Bertz CT molecular complexity index is 1040. The lowest BCUT2D eigenvalue weighted by molar-refractivity contribution is 0.187. The highest BCUT2D eigenvalue weighted by Crippen LogP contribution is 2.36. The van der Waals surface area contributed by atoms with E-state index in [9.17, 15) is 9.50 Å². The molecular formula is C20H20ClFN4O3. The first kappa shape index (κ1) is 19.6. The van der Waals surface area contributed by atoms with Gasteiger partial charge >= 0.3 is 0 Å². The van der Waals surface area contributed by atoms with E-state index in [-0.39, 0.29) is 17.2 Å². The van der Waals surface area contributed by atoms with Crippen LogP contribution < -0.4 is 20.1 Å². The largest absolute Gasteiger partial charge is 0.497 e. The summed E-state index contributed by atoms with van der Waals surface area (Å²) in [5.41, 5.74) is 1.21. The Morgan fingerprint density at radius 1 is 1.31 bits per heavy atom. The zero-order valence-corrected chi connectivity index (χ0v) is 16.4. The van der Waals surface area contributed by atoms with Gasteiger partial charge in [0.05, 0.1) is 29.1 Å². The number of fused-ring (bicyclic) bond motifs is 1. The number of aliphatic hydroxyl groups excluding tert-OH is 1. The van der Waals surface area contributed by atoms with Crippen LogP contribution in [0.25, 0.3) is 10.9 Å². The second-order valence-corrected chi connectivity index (χ2v) is 7.21. The Balaban J connectivity index is 1.69. The number of rotatable bonds is 6. The van der Waals surface area contributed by atoms with Gasteiger partial charge in [-0.05, 0) is 24.6 Å². The molecule has 1 aromatic heterocycles. The van der Waals surface area contributed by atoms with Crippen molar-refractivity contribution < 1.29 is 19.0 Å². The Labute approximate surface area is 171 Å². The number of aromatic nitrogens is 2. The lowest BCUT2D eigenvalue weighted by Gasteiger charge is -2.17. The third kappa shape index (κ3) is 4.34. The summed E-state index contributed by atoms with van der Waals surface area (Å²) in [6, 6.07) is 7.93. The van der Waals surface area contributed by atoms with E-state index in [1.165, 1.54) is 18.5 Å². The number of halogens is 2. The summed E-state index contributed by atoms with van der Waals surface area (Å²) in [5.74, 6) is 1.14. The number of nitrogens with zero attached hydrogens (tertiary/aromatic N) is 2. The van der Waals surface area contributed by atoms with E-state index in [0.717, 1.165) is 0 Å². The molecule has 1 aliphatic heterocycles. The summed E-state index contributed by atoms with van der Waals surface area (Å²) >= 11 is 5.89. The quantitative estimate of drug-likeness (QED) is 0.566. The smallest absolute Gasteiger partial charge is 0.145 e. The van der Waals surface area contributed by atoms with E-state index >= 15 is 0 Å². The molecule has 7 nitrogen and oxygen atoms in total. The molecule has 152 valence electrons.